The zero-order chi connectivity index (χ0) is 7.84. The number of hydrogen-bond acceptors (Lipinski definition) is 3. The number of carbonyl (C=O) groups is 1. The maximum absolute atomic E-state index is 10.7. The maximum atomic E-state index is 10.7. The van der Waals surface area contributed by atoms with Crippen molar-refractivity contribution in [3.8, 4) is 0 Å². The number of aliphatic imine (C=N–C) groups is 2. The fourth-order valence-electron chi connectivity index (χ4n) is 1.01. The molecule has 0 aromatic heterocycles. The Bertz CT molecular complexity index is 307. The van der Waals surface area contributed by atoms with E-state index in [0.717, 1.165) is 0 Å². The molecule has 2 aliphatic rings. The molecule has 5 nitrogen and oxygen atoms in total. The van der Waals surface area contributed by atoms with Crippen LogP contribution in [0.2, 0.25) is 0 Å². The molecule has 3 N–H and O–H groups in total. The van der Waals surface area contributed by atoms with Gasteiger partial charge in [0.1, 0.15) is 0 Å². The molecule has 0 fully saturated rings. The van der Waals surface area contributed by atoms with E-state index in [1.54, 1.807) is 6.21 Å². The summed E-state index contributed by atoms with van der Waals surface area (Å²) in [5.41, 5.74) is 6.76. The summed E-state index contributed by atoms with van der Waals surface area (Å²) < 4.78 is 0. The lowest BCUT2D eigenvalue weighted by molar-refractivity contribution is 0.253. The molecule has 1 unspecified atom stereocenters. The second-order valence-corrected chi connectivity index (χ2v) is 2.29. The van der Waals surface area contributed by atoms with Crippen molar-refractivity contribution in [2.45, 2.75) is 6.04 Å². The highest BCUT2D eigenvalue weighted by atomic mass is 35.5. The third-order valence-corrected chi connectivity index (χ3v) is 1.51. The van der Waals surface area contributed by atoms with Gasteiger partial charge in [-0.15, -0.1) is 12.4 Å². The summed E-state index contributed by atoms with van der Waals surface area (Å²) >= 11 is 0. The van der Waals surface area contributed by atoms with E-state index < -0.39 is 0 Å². The van der Waals surface area contributed by atoms with E-state index >= 15 is 0 Å². The molecule has 64 valence electrons. The van der Waals surface area contributed by atoms with Crippen molar-refractivity contribution in [2.24, 2.45) is 15.7 Å². The quantitative estimate of drug-likeness (QED) is 0.551. The van der Waals surface area contributed by atoms with E-state index in [1.165, 1.54) is 6.20 Å². The lowest BCUT2D eigenvalue weighted by atomic mass is 10.1. The van der Waals surface area contributed by atoms with Gasteiger partial charge in [-0.25, -0.2) is 4.79 Å². The van der Waals surface area contributed by atoms with Gasteiger partial charge in [0.2, 0.25) is 0 Å². The molecule has 1 atom stereocenters. The normalized spacial score (nSPS) is 25.1. The lowest BCUT2D eigenvalue weighted by Gasteiger charge is -2.09. The fourth-order valence-corrected chi connectivity index (χ4v) is 1.01. The minimum atomic E-state index is -0.368. The second kappa shape index (κ2) is 3.04. The van der Waals surface area contributed by atoms with Gasteiger partial charge in [-0.1, -0.05) is 0 Å². The van der Waals surface area contributed by atoms with Gasteiger partial charge in [-0.05, 0) is 0 Å². The van der Waals surface area contributed by atoms with Gasteiger partial charge in [0.05, 0.1) is 23.7 Å². The Labute approximate surface area is 74.9 Å². The molecule has 12 heavy (non-hydrogen) atoms. The number of urea groups is 1. The van der Waals surface area contributed by atoms with Crippen molar-refractivity contribution in [3.05, 3.63) is 11.9 Å². The summed E-state index contributed by atoms with van der Waals surface area (Å²) in [5.74, 6) is 0. The molecule has 0 aromatic carbocycles. The Morgan fingerprint density at radius 3 is 3.00 bits per heavy atom. The molecular weight excluding hydrogens is 180 g/mol. The van der Waals surface area contributed by atoms with Crippen molar-refractivity contribution in [2.75, 3.05) is 0 Å². The zero-order valence-corrected chi connectivity index (χ0v) is 6.84. The van der Waals surface area contributed by atoms with Crippen LogP contribution >= 0.6 is 12.4 Å². The first-order valence-electron chi connectivity index (χ1n) is 3.16. The minimum Gasteiger partial charge on any atom is -0.318 e. The number of amides is 2. The molecule has 0 bridgehead atoms. The number of nitrogens with one attached hydrogen (secondary N) is 1. The minimum absolute atomic E-state index is 0. The number of halogens is 1. The highest BCUT2D eigenvalue weighted by molar-refractivity contribution is 6.21. The van der Waals surface area contributed by atoms with E-state index in [2.05, 4.69) is 15.3 Å². The Hall–Kier alpha value is -1.20. The topological polar surface area (TPSA) is 79.8 Å². The lowest BCUT2D eigenvalue weighted by Crippen LogP contribution is -2.35. The Morgan fingerprint density at radius 2 is 2.33 bits per heavy atom. The second-order valence-electron chi connectivity index (χ2n) is 2.29. The van der Waals surface area contributed by atoms with E-state index in [-0.39, 0.29) is 24.5 Å². The summed E-state index contributed by atoms with van der Waals surface area (Å²) in [4.78, 5) is 18.2. The van der Waals surface area contributed by atoms with E-state index in [4.69, 9.17) is 5.73 Å². The first kappa shape index (κ1) is 8.89. The molecule has 0 aliphatic carbocycles. The Balaban J connectivity index is 0.000000720. The molecular formula is C6H7ClN4O. The van der Waals surface area contributed by atoms with Crippen LogP contribution < -0.4 is 11.1 Å². The van der Waals surface area contributed by atoms with Crippen LogP contribution in [0.3, 0.4) is 0 Å². The third-order valence-electron chi connectivity index (χ3n) is 1.51. The molecule has 2 aliphatic heterocycles. The molecule has 2 rings (SSSR count). The van der Waals surface area contributed by atoms with Gasteiger partial charge in [0, 0.05) is 6.21 Å². The third kappa shape index (κ3) is 1.24. The molecule has 2 heterocycles. The van der Waals surface area contributed by atoms with Gasteiger partial charge in [-0.3, -0.25) is 4.99 Å². The number of fused-ring (bicyclic) bond motifs is 1. The highest BCUT2D eigenvalue weighted by Gasteiger charge is 2.25. The van der Waals surface area contributed by atoms with Gasteiger partial charge in [0.15, 0.2) is 0 Å². The summed E-state index contributed by atoms with van der Waals surface area (Å²) in [6, 6.07) is -0.721. The van der Waals surface area contributed by atoms with Crippen molar-refractivity contribution in [1.29, 1.82) is 0 Å². The molecule has 0 aromatic rings. The Morgan fingerprint density at radius 1 is 1.58 bits per heavy atom. The standard InChI is InChI=1S/C6H6N4O.ClH/c7-3-1-8-2-4-5(3)10-6(11)9-4;/h1-3H,7H2,(H,9,11);1H. The monoisotopic (exact) mass is 186 g/mol. The predicted octanol–water partition coefficient (Wildman–Crippen LogP) is -0.175. The van der Waals surface area contributed by atoms with E-state index in [9.17, 15) is 4.79 Å². The van der Waals surface area contributed by atoms with Crippen LogP contribution in [-0.4, -0.2) is 24.0 Å². The number of nitrogens with two attached hydrogens (primary N) is 1. The van der Waals surface area contributed by atoms with Crippen molar-refractivity contribution in [1.82, 2.24) is 5.32 Å². The predicted molar refractivity (Wildman–Crippen MR) is 47.8 cm³/mol. The van der Waals surface area contributed by atoms with Crippen molar-refractivity contribution in [3.63, 3.8) is 0 Å². The van der Waals surface area contributed by atoms with Crippen LogP contribution in [0, 0.1) is 0 Å². The van der Waals surface area contributed by atoms with Crippen LogP contribution in [0.1, 0.15) is 0 Å². The van der Waals surface area contributed by atoms with Gasteiger partial charge in [-0.2, -0.15) is 4.99 Å². The zero-order valence-electron chi connectivity index (χ0n) is 6.02. The van der Waals surface area contributed by atoms with E-state index in [0.29, 0.717) is 11.4 Å². The smallest absolute Gasteiger partial charge is 0.318 e. The highest BCUT2D eigenvalue weighted by Crippen LogP contribution is 2.09. The summed E-state index contributed by atoms with van der Waals surface area (Å²) in [6.07, 6.45) is 3.08. The molecule has 0 radical (unpaired) electrons. The van der Waals surface area contributed by atoms with E-state index in [1.807, 2.05) is 0 Å². The van der Waals surface area contributed by atoms with Crippen molar-refractivity contribution < 1.29 is 4.79 Å². The number of rotatable bonds is 0. The molecule has 6 heteroatoms. The van der Waals surface area contributed by atoms with Crippen LogP contribution in [0.15, 0.2) is 21.9 Å². The van der Waals surface area contributed by atoms with Gasteiger partial charge < -0.3 is 11.1 Å². The molecule has 2 amide bonds. The maximum Gasteiger partial charge on any atom is 0.345 e. The first-order chi connectivity index (χ1) is 5.27. The largest absolute Gasteiger partial charge is 0.345 e. The Kier molecular flexibility index (Phi) is 2.25. The summed E-state index contributed by atoms with van der Waals surface area (Å²) in [7, 11) is 0. The number of hydrogen-bond donors (Lipinski definition) is 2. The summed E-state index contributed by atoms with van der Waals surface area (Å²) in [6.45, 7) is 0. The number of carbonyl (C=O) groups excluding carboxylic acids is 1. The van der Waals surface area contributed by atoms with Gasteiger partial charge in [0.25, 0.3) is 0 Å². The SMILES string of the molecule is Cl.NC1C=NC=C2NC(=O)N=C21. The average molecular weight is 187 g/mol. The molecule has 0 spiro atoms. The molecule has 0 saturated carbocycles. The van der Waals surface area contributed by atoms with Crippen LogP contribution in [0.4, 0.5) is 4.79 Å². The average Bonchev–Trinajstić information content (AvgIpc) is 2.31. The van der Waals surface area contributed by atoms with Crippen LogP contribution in [0.25, 0.3) is 0 Å². The fraction of sp³-hybridized carbons (Fsp3) is 0.167. The van der Waals surface area contributed by atoms with Crippen LogP contribution in [0.5, 0.6) is 0 Å². The van der Waals surface area contributed by atoms with Crippen LogP contribution in [-0.2, 0) is 0 Å². The first-order valence-corrected chi connectivity index (χ1v) is 3.16. The summed E-state index contributed by atoms with van der Waals surface area (Å²) in [5, 5.41) is 2.51. The van der Waals surface area contributed by atoms with Gasteiger partial charge >= 0.3 is 6.03 Å². The number of nitrogens with zero attached hydrogens (tertiary/aromatic N) is 2. The van der Waals surface area contributed by atoms with Crippen molar-refractivity contribution >= 4 is 30.4 Å². The molecule has 0 saturated heterocycles.